The van der Waals surface area contributed by atoms with Gasteiger partial charge in [0.25, 0.3) is 0 Å². The fourth-order valence-corrected chi connectivity index (χ4v) is 2.69. The topological polar surface area (TPSA) is 37.2 Å². The molecule has 1 atom stereocenters. The molecule has 1 aliphatic rings. The molecule has 1 aliphatic heterocycles. The molecule has 0 saturated carbocycles. The van der Waals surface area contributed by atoms with E-state index >= 15 is 0 Å². The van der Waals surface area contributed by atoms with E-state index in [0.717, 1.165) is 18.9 Å². The molecule has 1 aromatic heterocycles. The molecule has 102 valence electrons. The fourth-order valence-electron chi connectivity index (χ4n) is 2.69. The summed E-state index contributed by atoms with van der Waals surface area (Å²) in [4.78, 5) is 4.82. The SMILES string of the molecule is CC(C)n1cnnc1CN(C)CC1CCCN1C. The van der Waals surface area contributed by atoms with E-state index in [4.69, 9.17) is 0 Å². The molecule has 0 bridgehead atoms. The molecule has 1 aromatic rings. The van der Waals surface area contributed by atoms with E-state index in [1.54, 1.807) is 0 Å². The van der Waals surface area contributed by atoms with Crippen LogP contribution in [-0.2, 0) is 6.54 Å². The van der Waals surface area contributed by atoms with E-state index in [-0.39, 0.29) is 0 Å². The van der Waals surface area contributed by atoms with E-state index in [9.17, 15) is 0 Å². The third-order valence-corrected chi connectivity index (χ3v) is 3.81. The van der Waals surface area contributed by atoms with Gasteiger partial charge in [-0.25, -0.2) is 0 Å². The third-order valence-electron chi connectivity index (χ3n) is 3.81. The molecule has 0 aliphatic carbocycles. The molecule has 0 aromatic carbocycles. The standard InChI is InChI=1S/C13H25N5/c1-11(2)18-10-14-15-13(18)9-16(3)8-12-6-5-7-17(12)4/h10-12H,5-9H2,1-4H3. The molecule has 0 N–H and O–H groups in total. The molecule has 1 saturated heterocycles. The van der Waals surface area contributed by atoms with Gasteiger partial charge in [-0.2, -0.15) is 0 Å². The van der Waals surface area contributed by atoms with Crippen LogP contribution >= 0.6 is 0 Å². The maximum absolute atomic E-state index is 4.23. The van der Waals surface area contributed by atoms with Gasteiger partial charge in [0.05, 0.1) is 6.54 Å². The number of hydrogen-bond donors (Lipinski definition) is 0. The first-order chi connectivity index (χ1) is 8.58. The van der Waals surface area contributed by atoms with Gasteiger partial charge in [0.2, 0.25) is 0 Å². The average molecular weight is 251 g/mol. The van der Waals surface area contributed by atoms with Crippen LogP contribution in [0.3, 0.4) is 0 Å². The van der Waals surface area contributed by atoms with E-state index in [2.05, 4.69) is 52.5 Å². The van der Waals surface area contributed by atoms with Crippen molar-refractivity contribution in [1.29, 1.82) is 0 Å². The third kappa shape index (κ3) is 3.09. The van der Waals surface area contributed by atoms with Crippen LogP contribution in [0.4, 0.5) is 0 Å². The first-order valence-corrected chi connectivity index (χ1v) is 6.85. The van der Waals surface area contributed by atoms with Crippen LogP contribution in [-0.4, -0.2) is 57.8 Å². The van der Waals surface area contributed by atoms with Gasteiger partial charge in [-0.05, 0) is 47.3 Å². The van der Waals surface area contributed by atoms with Crippen LogP contribution < -0.4 is 0 Å². The van der Waals surface area contributed by atoms with Gasteiger partial charge in [0.1, 0.15) is 12.2 Å². The molecule has 0 amide bonds. The molecule has 18 heavy (non-hydrogen) atoms. The minimum Gasteiger partial charge on any atom is -0.314 e. The number of aromatic nitrogens is 3. The normalized spacial score (nSPS) is 21.3. The van der Waals surface area contributed by atoms with Gasteiger partial charge >= 0.3 is 0 Å². The highest BCUT2D eigenvalue weighted by Crippen LogP contribution is 2.16. The average Bonchev–Trinajstić information content (AvgIpc) is 2.89. The van der Waals surface area contributed by atoms with Crippen molar-refractivity contribution in [2.75, 3.05) is 27.2 Å². The second-order valence-electron chi connectivity index (χ2n) is 5.72. The predicted octanol–water partition coefficient (Wildman–Crippen LogP) is 1.39. The summed E-state index contributed by atoms with van der Waals surface area (Å²) in [5.41, 5.74) is 0. The minimum absolute atomic E-state index is 0.428. The smallest absolute Gasteiger partial charge is 0.147 e. The summed E-state index contributed by atoms with van der Waals surface area (Å²) in [5, 5.41) is 8.25. The maximum atomic E-state index is 4.23. The first-order valence-electron chi connectivity index (χ1n) is 6.85. The maximum Gasteiger partial charge on any atom is 0.147 e. The van der Waals surface area contributed by atoms with Gasteiger partial charge in [-0.3, -0.25) is 4.90 Å². The van der Waals surface area contributed by atoms with Crippen molar-refractivity contribution < 1.29 is 0 Å². The Labute approximate surface area is 110 Å². The molecule has 5 nitrogen and oxygen atoms in total. The van der Waals surface area contributed by atoms with Crippen molar-refractivity contribution in [3.05, 3.63) is 12.2 Å². The van der Waals surface area contributed by atoms with Crippen molar-refractivity contribution >= 4 is 0 Å². The number of likely N-dealkylation sites (tertiary alicyclic amines) is 1. The molecule has 5 heteroatoms. The summed E-state index contributed by atoms with van der Waals surface area (Å²) in [7, 11) is 4.40. The largest absolute Gasteiger partial charge is 0.314 e. The lowest BCUT2D eigenvalue weighted by atomic mass is 10.2. The van der Waals surface area contributed by atoms with Crippen molar-refractivity contribution in [3.63, 3.8) is 0 Å². The predicted molar refractivity (Wildman–Crippen MR) is 72.4 cm³/mol. The Morgan fingerprint density at radius 2 is 2.28 bits per heavy atom. The summed E-state index contributed by atoms with van der Waals surface area (Å²) in [6.45, 7) is 7.56. The number of nitrogens with zero attached hydrogens (tertiary/aromatic N) is 5. The van der Waals surface area contributed by atoms with E-state index in [1.165, 1.54) is 19.4 Å². The van der Waals surface area contributed by atoms with Gasteiger partial charge in [0, 0.05) is 18.6 Å². The van der Waals surface area contributed by atoms with Gasteiger partial charge in [0.15, 0.2) is 0 Å². The minimum atomic E-state index is 0.428. The number of hydrogen-bond acceptors (Lipinski definition) is 4. The zero-order valence-corrected chi connectivity index (χ0v) is 12.0. The van der Waals surface area contributed by atoms with Crippen LogP contribution in [0.15, 0.2) is 6.33 Å². The lowest BCUT2D eigenvalue weighted by molar-refractivity contribution is 0.210. The quantitative estimate of drug-likeness (QED) is 0.792. The van der Waals surface area contributed by atoms with Crippen LogP contribution in [0.2, 0.25) is 0 Å². The van der Waals surface area contributed by atoms with Crippen molar-refractivity contribution in [1.82, 2.24) is 24.6 Å². The molecular formula is C13H25N5. The van der Waals surface area contributed by atoms with Crippen LogP contribution in [0.25, 0.3) is 0 Å². The molecule has 2 rings (SSSR count). The number of rotatable bonds is 5. The Bertz CT molecular complexity index is 373. The summed E-state index contributed by atoms with van der Waals surface area (Å²) in [5.74, 6) is 1.06. The number of likely N-dealkylation sites (N-methyl/N-ethyl adjacent to an activating group) is 2. The van der Waals surface area contributed by atoms with Crippen molar-refractivity contribution in [2.45, 2.75) is 45.3 Å². The summed E-state index contributed by atoms with van der Waals surface area (Å²) in [6, 6.07) is 1.13. The molecule has 0 radical (unpaired) electrons. The second kappa shape index (κ2) is 5.80. The highest BCUT2D eigenvalue weighted by molar-refractivity contribution is 4.89. The molecule has 1 unspecified atom stereocenters. The fraction of sp³-hybridized carbons (Fsp3) is 0.846. The Morgan fingerprint density at radius 3 is 2.89 bits per heavy atom. The summed E-state index contributed by atoms with van der Waals surface area (Å²) < 4.78 is 2.15. The zero-order valence-electron chi connectivity index (χ0n) is 12.0. The molecular weight excluding hydrogens is 226 g/mol. The van der Waals surface area contributed by atoms with Crippen LogP contribution in [0.1, 0.15) is 38.6 Å². The Balaban J connectivity index is 1.90. The molecule has 0 spiro atoms. The first kappa shape index (κ1) is 13.5. The summed E-state index contributed by atoms with van der Waals surface area (Å²) in [6.07, 6.45) is 4.48. The monoisotopic (exact) mass is 251 g/mol. The lowest BCUT2D eigenvalue weighted by Gasteiger charge is -2.25. The Kier molecular flexibility index (Phi) is 4.35. The molecule has 1 fully saturated rings. The van der Waals surface area contributed by atoms with Crippen LogP contribution in [0.5, 0.6) is 0 Å². The highest BCUT2D eigenvalue weighted by Gasteiger charge is 2.22. The Hall–Kier alpha value is -0.940. The second-order valence-corrected chi connectivity index (χ2v) is 5.72. The van der Waals surface area contributed by atoms with E-state index < -0.39 is 0 Å². The van der Waals surface area contributed by atoms with Gasteiger partial charge in [-0.1, -0.05) is 0 Å². The Morgan fingerprint density at radius 1 is 1.50 bits per heavy atom. The van der Waals surface area contributed by atoms with Gasteiger partial charge < -0.3 is 9.47 Å². The van der Waals surface area contributed by atoms with Crippen LogP contribution in [0, 0.1) is 0 Å². The van der Waals surface area contributed by atoms with Crippen molar-refractivity contribution in [2.24, 2.45) is 0 Å². The van der Waals surface area contributed by atoms with Gasteiger partial charge in [-0.15, -0.1) is 10.2 Å². The lowest BCUT2D eigenvalue weighted by Crippen LogP contribution is -2.36. The highest BCUT2D eigenvalue weighted by atomic mass is 15.3. The molecule has 2 heterocycles. The summed E-state index contributed by atoms with van der Waals surface area (Å²) >= 11 is 0. The zero-order chi connectivity index (χ0) is 13.1. The van der Waals surface area contributed by atoms with E-state index in [1.807, 2.05) is 6.33 Å². The van der Waals surface area contributed by atoms with Crippen molar-refractivity contribution in [3.8, 4) is 0 Å². The van der Waals surface area contributed by atoms with E-state index in [0.29, 0.717) is 12.1 Å².